The molecule has 0 amide bonds. The quantitative estimate of drug-likeness (QED) is 0.658. The highest BCUT2D eigenvalue weighted by atomic mass is 35.5. The number of carbonyl (C=O) groups excluding carboxylic acids is 1. The minimum absolute atomic E-state index is 0. The molecule has 2 bridgehead atoms. The Bertz CT molecular complexity index is 657. The lowest BCUT2D eigenvalue weighted by Crippen LogP contribution is -2.32. The highest BCUT2D eigenvalue weighted by molar-refractivity contribution is 6.07. The summed E-state index contributed by atoms with van der Waals surface area (Å²) in [6.45, 7) is 14.3. The first-order valence-corrected chi connectivity index (χ1v) is 9.41. The second-order valence-corrected chi connectivity index (χ2v) is 8.28. The van der Waals surface area contributed by atoms with Crippen LogP contribution in [0.1, 0.15) is 58.6 Å². The van der Waals surface area contributed by atoms with Crippen molar-refractivity contribution in [1.82, 2.24) is 4.90 Å². The van der Waals surface area contributed by atoms with Crippen molar-refractivity contribution < 1.29 is 4.79 Å². The molecule has 3 rings (SSSR count). The number of hydrogen-bond acceptors (Lipinski definition) is 2. The molecule has 2 atom stereocenters. The Morgan fingerprint density at radius 1 is 1.12 bits per heavy atom. The molecule has 1 aromatic rings. The standard InChI is InChI=1S/C22H31NO.ClH/c1-6-23(7-2)15-17-10-8-16(9-11-17)14-18-19-12-13-22(5,20(18)24)21(19,3)4;/h8-11,14,19H,6-7,12-13,15H2,1-5H3;1H. The number of carbonyl (C=O) groups is 1. The van der Waals surface area contributed by atoms with E-state index in [0.29, 0.717) is 11.7 Å². The molecule has 0 heterocycles. The maximum Gasteiger partial charge on any atom is 0.165 e. The molecule has 2 aliphatic carbocycles. The Hall–Kier alpha value is -1.12. The minimum Gasteiger partial charge on any atom is -0.300 e. The van der Waals surface area contributed by atoms with Crippen molar-refractivity contribution in [3.05, 3.63) is 41.0 Å². The van der Waals surface area contributed by atoms with E-state index in [1.807, 2.05) is 0 Å². The maximum atomic E-state index is 12.9. The number of allylic oxidation sites excluding steroid dienone is 1. The van der Waals surface area contributed by atoms with Crippen molar-refractivity contribution in [2.75, 3.05) is 13.1 Å². The fourth-order valence-electron chi connectivity index (χ4n) is 4.70. The van der Waals surface area contributed by atoms with E-state index in [1.54, 1.807) is 0 Å². The molecular formula is C22H32ClNO. The minimum atomic E-state index is -0.161. The summed E-state index contributed by atoms with van der Waals surface area (Å²) >= 11 is 0. The zero-order valence-electron chi connectivity index (χ0n) is 16.3. The number of fused-ring (bicyclic) bond motifs is 2. The lowest BCUT2D eigenvalue weighted by atomic mass is 9.70. The van der Waals surface area contributed by atoms with Crippen molar-refractivity contribution >= 4 is 24.3 Å². The summed E-state index contributed by atoms with van der Waals surface area (Å²) in [6.07, 6.45) is 4.35. The van der Waals surface area contributed by atoms with Crippen molar-refractivity contribution in [2.24, 2.45) is 16.7 Å². The fourth-order valence-corrected chi connectivity index (χ4v) is 4.70. The first-order chi connectivity index (χ1) is 11.3. The van der Waals surface area contributed by atoms with Gasteiger partial charge in [-0.3, -0.25) is 9.69 Å². The van der Waals surface area contributed by atoms with Crippen LogP contribution in [0.15, 0.2) is 29.8 Å². The summed E-state index contributed by atoms with van der Waals surface area (Å²) in [5.41, 5.74) is 3.50. The SMILES string of the molecule is CCN(CC)Cc1ccc(C=C2C(=O)C3(C)CCC2C3(C)C)cc1.Cl. The van der Waals surface area contributed by atoms with Gasteiger partial charge in [0, 0.05) is 12.0 Å². The van der Waals surface area contributed by atoms with Gasteiger partial charge in [-0.25, -0.2) is 0 Å². The van der Waals surface area contributed by atoms with Gasteiger partial charge in [0.1, 0.15) is 0 Å². The van der Waals surface area contributed by atoms with E-state index in [2.05, 4.69) is 69.9 Å². The van der Waals surface area contributed by atoms with E-state index in [0.717, 1.165) is 43.6 Å². The molecule has 0 aromatic heterocycles. The van der Waals surface area contributed by atoms with Crippen molar-refractivity contribution in [1.29, 1.82) is 0 Å². The number of hydrogen-bond donors (Lipinski definition) is 0. The molecule has 2 nitrogen and oxygen atoms in total. The summed E-state index contributed by atoms with van der Waals surface area (Å²) in [7, 11) is 0. The van der Waals surface area contributed by atoms with Crippen molar-refractivity contribution in [3.8, 4) is 0 Å². The van der Waals surface area contributed by atoms with Crippen LogP contribution in [0.3, 0.4) is 0 Å². The number of rotatable bonds is 5. The second kappa shape index (κ2) is 7.25. The van der Waals surface area contributed by atoms with Gasteiger partial charge in [-0.1, -0.05) is 58.9 Å². The third kappa shape index (κ3) is 3.19. The highest BCUT2D eigenvalue weighted by Gasteiger charge is 2.63. The topological polar surface area (TPSA) is 20.3 Å². The van der Waals surface area contributed by atoms with E-state index in [-0.39, 0.29) is 23.2 Å². The number of nitrogens with zero attached hydrogens (tertiary/aromatic N) is 1. The average Bonchev–Trinajstić information content (AvgIpc) is 2.88. The van der Waals surface area contributed by atoms with E-state index < -0.39 is 0 Å². The molecule has 1 aromatic carbocycles. The summed E-state index contributed by atoms with van der Waals surface area (Å²) in [6, 6.07) is 8.74. The Labute approximate surface area is 159 Å². The van der Waals surface area contributed by atoms with Crippen molar-refractivity contribution in [3.63, 3.8) is 0 Å². The van der Waals surface area contributed by atoms with Gasteiger partial charge in [0.05, 0.1) is 0 Å². The van der Waals surface area contributed by atoms with Crippen LogP contribution in [0.4, 0.5) is 0 Å². The van der Waals surface area contributed by atoms with Crippen LogP contribution in [-0.4, -0.2) is 23.8 Å². The first kappa shape index (κ1) is 20.2. The maximum absolute atomic E-state index is 12.9. The average molecular weight is 362 g/mol. The molecule has 0 saturated heterocycles. The smallest absolute Gasteiger partial charge is 0.165 e. The molecule has 2 aliphatic rings. The normalized spacial score (nSPS) is 28.6. The van der Waals surface area contributed by atoms with Gasteiger partial charge in [-0.2, -0.15) is 0 Å². The van der Waals surface area contributed by atoms with Crippen molar-refractivity contribution in [2.45, 2.75) is 54.0 Å². The molecule has 0 spiro atoms. The predicted molar refractivity (Wildman–Crippen MR) is 108 cm³/mol. The summed E-state index contributed by atoms with van der Waals surface area (Å²) in [5, 5.41) is 0. The van der Waals surface area contributed by atoms with Gasteiger partial charge in [-0.05, 0) is 60.0 Å². The van der Waals surface area contributed by atoms with Gasteiger partial charge < -0.3 is 0 Å². The molecule has 0 radical (unpaired) electrons. The molecule has 2 unspecified atom stereocenters. The largest absolute Gasteiger partial charge is 0.300 e. The predicted octanol–water partition coefficient (Wildman–Crippen LogP) is 5.36. The molecule has 0 aliphatic heterocycles. The van der Waals surface area contributed by atoms with Gasteiger partial charge in [-0.15, -0.1) is 12.4 Å². The van der Waals surface area contributed by atoms with Crippen LogP contribution < -0.4 is 0 Å². The zero-order valence-corrected chi connectivity index (χ0v) is 17.1. The lowest BCUT2D eigenvalue weighted by molar-refractivity contribution is -0.125. The van der Waals surface area contributed by atoms with E-state index in [9.17, 15) is 4.79 Å². The van der Waals surface area contributed by atoms with Crippen LogP contribution in [0.25, 0.3) is 6.08 Å². The number of Topliss-reactive ketones (excluding diaryl/α,β-unsaturated/α-hetero) is 1. The Morgan fingerprint density at radius 3 is 2.20 bits per heavy atom. The number of ketones is 1. The summed E-state index contributed by atoms with van der Waals surface area (Å²) < 4.78 is 0. The Morgan fingerprint density at radius 2 is 1.72 bits per heavy atom. The third-order valence-corrected chi connectivity index (χ3v) is 6.97. The molecule has 138 valence electrons. The number of halogens is 1. The van der Waals surface area contributed by atoms with E-state index in [1.165, 1.54) is 5.56 Å². The van der Waals surface area contributed by atoms with Crippen LogP contribution >= 0.6 is 12.4 Å². The van der Waals surface area contributed by atoms with Gasteiger partial charge in [0.2, 0.25) is 0 Å². The first-order valence-electron chi connectivity index (χ1n) is 9.41. The lowest BCUT2D eigenvalue weighted by Gasteiger charge is -2.31. The zero-order chi connectivity index (χ0) is 17.5. The van der Waals surface area contributed by atoms with Crippen LogP contribution in [0, 0.1) is 16.7 Å². The van der Waals surface area contributed by atoms with Gasteiger partial charge in [0.15, 0.2) is 5.78 Å². The third-order valence-electron chi connectivity index (χ3n) is 6.97. The molecule has 2 saturated carbocycles. The van der Waals surface area contributed by atoms with Crippen LogP contribution in [-0.2, 0) is 11.3 Å². The summed E-state index contributed by atoms with van der Waals surface area (Å²) in [5.74, 6) is 0.807. The molecule has 3 heteroatoms. The van der Waals surface area contributed by atoms with E-state index in [4.69, 9.17) is 0 Å². The van der Waals surface area contributed by atoms with E-state index >= 15 is 0 Å². The van der Waals surface area contributed by atoms with Gasteiger partial charge in [0.25, 0.3) is 0 Å². The molecule has 2 fully saturated rings. The molecule has 0 N–H and O–H groups in total. The fraction of sp³-hybridized carbons (Fsp3) is 0.591. The molecule has 25 heavy (non-hydrogen) atoms. The Kier molecular flexibility index (Phi) is 5.85. The molecular weight excluding hydrogens is 330 g/mol. The highest BCUT2D eigenvalue weighted by Crippen LogP contribution is 2.65. The number of benzene rings is 1. The Balaban J connectivity index is 0.00000225. The monoisotopic (exact) mass is 361 g/mol. The van der Waals surface area contributed by atoms with Crippen LogP contribution in [0.2, 0.25) is 0 Å². The second-order valence-electron chi connectivity index (χ2n) is 8.28. The van der Waals surface area contributed by atoms with Crippen LogP contribution in [0.5, 0.6) is 0 Å². The van der Waals surface area contributed by atoms with Gasteiger partial charge >= 0.3 is 0 Å². The summed E-state index contributed by atoms with van der Waals surface area (Å²) in [4.78, 5) is 15.3.